The summed E-state index contributed by atoms with van der Waals surface area (Å²) in [4.78, 5) is 12.2. The van der Waals surface area contributed by atoms with E-state index in [9.17, 15) is 4.79 Å². The molecule has 2 aromatic carbocycles. The molecule has 4 nitrogen and oxygen atoms in total. The minimum atomic E-state index is -0.227. The van der Waals surface area contributed by atoms with Gasteiger partial charge in [0.05, 0.1) is 6.61 Å². The van der Waals surface area contributed by atoms with E-state index in [1.165, 1.54) is 0 Å². The van der Waals surface area contributed by atoms with Gasteiger partial charge in [-0.15, -0.1) is 0 Å². The van der Waals surface area contributed by atoms with E-state index in [-0.39, 0.29) is 11.0 Å². The van der Waals surface area contributed by atoms with Crippen molar-refractivity contribution in [3.05, 3.63) is 59.7 Å². The normalized spacial score (nSPS) is 10.4. The van der Waals surface area contributed by atoms with Crippen molar-refractivity contribution in [3.8, 4) is 5.75 Å². The van der Waals surface area contributed by atoms with Crippen molar-refractivity contribution in [1.82, 2.24) is 5.32 Å². The average molecular weight is 356 g/mol. The SMILES string of the molecule is Cc1cccc(C(=O)NC(=S)Nc2ccc(OCCC(C)C)cc2)c1. The summed E-state index contributed by atoms with van der Waals surface area (Å²) in [5, 5.41) is 5.95. The van der Waals surface area contributed by atoms with Gasteiger partial charge in [0.1, 0.15) is 5.75 Å². The second kappa shape index (κ2) is 9.18. The fraction of sp³-hybridized carbons (Fsp3) is 0.300. The lowest BCUT2D eigenvalue weighted by atomic mass is 10.1. The van der Waals surface area contributed by atoms with E-state index in [0.29, 0.717) is 18.1 Å². The summed E-state index contributed by atoms with van der Waals surface area (Å²) < 4.78 is 5.68. The lowest BCUT2D eigenvalue weighted by Crippen LogP contribution is -2.34. The van der Waals surface area contributed by atoms with E-state index in [4.69, 9.17) is 17.0 Å². The molecule has 0 aromatic heterocycles. The zero-order valence-corrected chi connectivity index (χ0v) is 15.7. The van der Waals surface area contributed by atoms with Crippen LogP contribution < -0.4 is 15.4 Å². The Hall–Kier alpha value is -2.40. The van der Waals surface area contributed by atoms with Crippen LogP contribution in [0.5, 0.6) is 5.75 Å². The summed E-state index contributed by atoms with van der Waals surface area (Å²) in [6, 6.07) is 14.9. The predicted octanol–water partition coefficient (Wildman–Crippen LogP) is 4.55. The van der Waals surface area contributed by atoms with Gasteiger partial charge in [-0.1, -0.05) is 31.5 Å². The van der Waals surface area contributed by atoms with Crippen molar-refractivity contribution >= 4 is 28.9 Å². The molecule has 132 valence electrons. The maximum absolute atomic E-state index is 12.2. The third-order valence-electron chi connectivity index (χ3n) is 3.58. The van der Waals surface area contributed by atoms with Gasteiger partial charge in [-0.3, -0.25) is 10.1 Å². The molecule has 0 aliphatic heterocycles. The fourth-order valence-electron chi connectivity index (χ4n) is 2.17. The Balaban J connectivity index is 1.85. The van der Waals surface area contributed by atoms with Crippen molar-refractivity contribution in [2.45, 2.75) is 27.2 Å². The molecule has 25 heavy (non-hydrogen) atoms. The van der Waals surface area contributed by atoms with Crippen LogP contribution in [-0.4, -0.2) is 17.6 Å². The topological polar surface area (TPSA) is 50.4 Å². The van der Waals surface area contributed by atoms with Crippen LogP contribution in [0.15, 0.2) is 48.5 Å². The van der Waals surface area contributed by atoms with Gasteiger partial charge in [0.15, 0.2) is 5.11 Å². The summed E-state index contributed by atoms with van der Waals surface area (Å²) in [6.07, 6.45) is 1.02. The van der Waals surface area contributed by atoms with E-state index in [2.05, 4.69) is 24.5 Å². The molecule has 2 N–H and O–H groups in total. The highest BCUT2D eigenvalue weighted by Crippen LogP contribution is 2.16. The molecule has 0 aliphatic carbocycles. The number of ether oxygens (including phenoxy) is 1. The van der Waals surface area contributed by atoms with Crippen LogP contribution in [0.1, 0.15) is 36.2 Å². The number of hydrogen-bond donors (Lipinski definition) is 2. The molecule has 0 spiro atoms. The highest BCUT2D eigenvalue weighted by atomic mass is 32.1. The Morgan fingerprint density at radius 1 is 1.16 bits per heavy atom. The van der Waals surface area contributed by atoms with Gasteiger partial charge >= 0.3 is 0 Å². The number of hydrogen-bond acceptors (Lipinski definition) is 3. The van der Waals surface area contributed by atoms with Gasteiger partial charge < -0.3 is 10.1 Å². The summed E-state index contributed by atoms with van der Waals surface area (Å²) in [6.45, 7) is 6.98. The quantitative estimate of drug-likeness (QED) is 0.746. The average Bonchev–Trinajstić information content (AvgIpc) is 2.56. The minimum absolute atomic E-state index is 0.227. The first kappa shape index (κ1) is 18.9. The zero-order chi connectivity index (χ0) is 18.2. The summed E-state index contributed by atoms with van der Waals surface area (Å²) in [5.74, 6) is 1.21. The molecular formula is C20H24N2O2S. The zero-order valence-electron chi connectivity index (χ0n) is 14.8. The standard InChI is InChI=1S/C20H24N2O2S/c1-14(2)11-12-24-18-9-7-17(8-10-18)21-20(25)22-19(23)16-6-4-5-15(3)13-16/h4-10,13-14H,11-12H2,1-3H3,(H2,21,22,23,25). The van der Waals surface area contributed by atoms with Crippen molar-refractivity contribution in [2.75, 3.05) is 11.9 Å². The van der Waals surface area contributed by atoms with Crippen molar-refractivity contribution in [1.29, 1.82) is 0 Å². The maximum Gasteiger partial charge on any atom is 0.257 e. The number of carbonyl (C=O) groups is 1. The van der Waals surface area contributed by atoms with Gasteiger partial charge in [-0.2, -0.15) is 0 Å². The molecule has 2 aromatic rings. The van der Waals surface area contributed by atoms with Crippen molar-refractivity contribution in [2.24, 2.45) is 5.92 Å². The Bertz CT molecular complexity index is 727. The number of benzene rings is 2. The Kier molecular flexibility index (Phi) is 6.95. The minimum Gasteiger partial charge on any atom is -0.494 e. The monoisotopic (exact) mass is 356 g/mol. The number of carbonyl (C=O) groups excluding carboxylic acids is 1. The van der Waals surface area contributed by atoms with Gasteiger partial charge in [-0.25, -0.2) is 0 Å². The van der Waals surface area contributed by atoms with Crippen LogP contribution in [0.4, 0.5) is 5.69 Å². The van der Waals surface area contributed by atoms with Gasteiger partial charge in [-0.05, 0) is 67.9 Å². The van der Waals surface area contributed by atoms with E-state index >= 15 is 0 Å². The number of rotatable bonds is 6. The lowest BCUT2D eigenvalue weighted by Gasteiger charge is -2.11. The van der Waals surface area contributed by atoms with Crippen LogP contribution in [0.2, 0.25) is 0 Å². The van der Waals surface area contributed by atoms with E-state index in [1.807, 2.05) is 49.4 Å². The molecular weight excluding hydrogens is 332 g/mol. The van der Waals surface area contributed by atoms with E-state index < -0.39 is 0 Å². The van der Waals surface area contributed by atoms with Crippen LogP contribution >= 0.6 is 12.2 Å². The number of anilines is 1. The van der Waals surface area contributed by atoms with Gasteiger partial charge in [0, 0.05) is 11.3 Å². The fourth-order valence-corrected chi connectivity index (χ4v) is 2.38. The lowest BCUT2D eigenvalue weighted by molar-refractivity contribution is 0.0977. The summed E-state index contributed by atoms with van der Waals surface area (Å²) in [7, 11) is 0. The molecule has 0 unspecified atom stereocenters. The predicted molar refractivity (Wildman–Crippen MR) is 106 cm³/mol. The van der Waals surface area contributed by atoms with Gasteiger partial charge in [0.25, 0.3) is 5.91 Å². The highest BCUT2D eigenvalue weighted by Gasteiger charge is 2.08. The maximum atomic E-state index is 12.2. The number of aryl methyl sites for hydroxylation is 1. The Morgan fingerprint density at radius 2 is 1.88 bits per heavy atom. The van der Waals surface area contributed by atoms with Gasteiger partial charge in [0.2, 0.25) is 0 Å². The van der Waals surface area contributed by atoms with Crippen molar-refractivity contribution < 1.29 is 9.53 Å². The third-order valence-corrected chi connectivity index (χ3v) is 3.79. The molecule has 0 radical (unpaired) electrons. The summed E-state index contributed by atoms with van der Waals surface area (Å²) in [5.41, 5.74) is 2.41. The third kappa shape index (κ3) is 6.55. The highest BCUT2D eigenvalue weighted by molar-refractivity contribution is 7.80. The summed E-state index contributed by atoms with van der Waals surface area (Å²) >= 11 is 5.20. The van der Waals surface area contributed by atoms with Crippen LogP contribution in [0.25, 0.3) is 0 Å². The number of thiocarbonyl (C=S) groups is 1. The van der Waals surface area contributed by atoms with E-state index in [1.54, 1.807) is 6.07 Å². The first-order valence-corrected chi connectivity index (χ1v) is 8.76. The molecule has 2 rings (SSSR count). The first-order chi connectivity index (χ1) is 11.9. The Labute approximate surface area is 154 Å². The number of nitrogens with one attached hydrogen (secondary N) is 2. The molecule has 5 heteroatoms. The molecule has 1 amide bonds. The van der Waals surface area contributed by atoms with Crippen molar-refractivity contribution in [3.63, 3.8) is 0 Å². The second-order valence-corrected chi connectivity index (χ2v) is 6.74. The van der Waals surface area contributed by atoms with E-state index in [0.717, 1.165) is 23.4 Å². The smallest absolute Gasteiger partial charge is 0.257 e. The number of amides is 1. The molecule has 0 saturated heterocycles. The first-order valence-electron chi connectivity index (χ1n) is 8.36. The van der Waals surface area contributed by atoms with Crippen LogP contribution in [-0.2, 0) is 0 Å². The molecule has 0 fully saturated rings. The molecule has 0 atom stereocenters. The molecule has 0 aliphatic rings. The van der Waals surface area contributed by atoms with Crippen LogP contribution in [0, 0.1) is 12.8 Å². The molecule has 0 heterocycles. The van der Waals surface area contributed by atoms with Crippen LogP contribution in [0.3, 0.4) is 0 Å². The Morgan fingerprint density at radius 3 is 2.52 bits per heavy atom. The second-order valence-electron chi connectivity index (χ2n) is 6.33. The molecule has 0 bridgehead atoms. The largest absolute Gasteiger partial charge is 0.494 e. The molecule has 0 saturated carbocycles.